The van der Waals surface area contributed by atoms with Crippen molar-refractivity contribution in [2.45, 2.75) is 27.3 Å². The van der Waals surface area contributed by atoms with Crippen molar-refractivity contribution in [3.05, 3.63) is 58.7 Å². The Morgan fingerprint density at radius 1 is 0.947 bits per heavy atom. The van der Waals surface area contributed by atoms with Gasteiger partial charge in [-0.25, -0.2) is 0 Å². The smallest absolute Gasteiger partial charge is 0.0600 e. The second-order valence-corrected chi connectivity index (χ2v) is 5.34. The average Bonchev–Trinajstić information content (AvgIpc) is 2.33. The summed E-state index contributed by atoms with van der Waals surface area (Å²) in [5.41, 5.74) is 13.2. The first-order valence-electron chi connectivity index (χ1n) is 6.61. The lowest BCUT2D eigenvalue weighted by molar-refractivity contribution is 0.921. The zero-order valence-electron chi connectivity index (χ0n) is 12.2. The molecular formula is C17H22N2. The maximum absolute atomic E-state index is 6.09. The lowest BCUT2D eigenvalue weighted by Gasteiger charge is -2.22. The molecule has 0 radical (unpaired) electrons. The number of nitrogens with two attached hydrogens (primary N) is 1. The minimum absolute atomic E-state index is 0.839. The van der Waals surface area contributed by atoms with Gasteiger partial charge in [0.05, 0.1) is 11.4 Å². The van der Waals surface area contributed by atoms with E-state index in [1.54, 1.807) is 0 Å². The molecule has 2 aromatic carbocycles. The molecule has 0 aromatic heterocycles. The highest BCUT2D eigenvalue weighted by Crippen LogP contribution is 2.24. The van der Waals surface area contributed by atoms with Gasteiger partial charge in [0, 0.05) is 13.6 Å². The molecule has 0 bridgehead atoms. The normalized spacial score (nSPS) is 10.5. The SMILES string of the molecule is Cc1ccc(N(C)Cc2ccc(C)c(C)c2)c(N)c1. The first kappa shape index (κ1) is 13.5. The Hall–Kier alpha value is -1.96. The van der Waals surface area contributed by atoms with Crippen LogP contribution in [0.5, 0.6) is 0 Å². The van der Waals surface area contributed by atoms with Crippen molar-refractivity contribution >= 4 is 11.4 Å². The number of rotatable bonds is 3. The number of aryl methyl sites for hydroxylation is 3. The van der Waals surface area contributed by atoms with Gasteiger partial charge >= 0.3 is 0 Å². The molecule has 0 aliphatic carbocycles. The van der Waals surface area contributed by atoms with Gasteiger partial charge in [0.2, 0.25) is 0 Å². The summed E-state index contributed by atoms with van der Waals surface area (Å²) in [4.78, 5) is 2.19. The zero-order valence-corrected chi connectivity index (χ0v) is 12.2. The summed E-state index contributed by atoms with van der Waals surface area (Å²) in [5.74, 6) is 0. The summed E-state index contributed by atoms with van der Waals surface area (Å²) < 4.78 is 0. The van der Waals surface area contributed by atoms with Crippen LogP contribution in [0.15, 0.2) is 36.4 Å². The van der Waals surface area contributed by atoms with Gasteiger partial charge in [-0.2, -0.15) is 0 Å². The van der Waals surface area contributed by atoms with Gasteiger partial charge in [-0.05, 0) is 55.2 Å². The molecule has 0 aliphatic rings. The minimum Gasteiger partial charge on any atom is -0.397 e. The highest BCUT2D eigenvalue weighted by atomic mass is 15.1. The van der Waals surface area contributed by atoms with Crippen LogP contribution in [0.1, 0.15) is 22.3 Å². The van der Waals surface area contributed by atoms with Crippen molar-refractivity contribution in [2.24, 2.45) is 0 Å². The molecule has 19 heavy (non-hydrogen) atoms. The van der Waals surface area contributed by atoms with Crippen molar-refractivity contribution in [1.29, 1.82) is 0 Å². The second-order valence-electron chi connectivity index (χ2n) is 5.34. The summed E-state index contributed by atoms with van der Waals surface area (Å²) in [6.45, 7) is 7.22. The third kappa shape index (κ3) is 3.08. The Balaban J connectivity index is 2.20. The number of hydrogen-bond acceptors (Lipinski definition) is 2. The van der Waals surface area contributed by atoms with Crippen molar-refractivity contribution in [1.82, 2.24) is 0 Å². The fraction of sp³-hybridized carbons (Fsp3) is 0.294. The highest BCUT2D eigenvalue weighted by Gasteiger charge is 2.06. The van der Waals surface area contributed by atoms with Gasteiger partial charge in [0.1, 0.15) is 0 Å². The summed E-state index contributed by atoms with van der Waals surface area (Å²) in [7, 11) is 2.08. The molecule has 0 saturated heterocycles. The monoisotopic (exact) mass is 254 g/mol. The molecule has 100 valence electrons. The molecule has 2 heteroatoms. The van der Waals surface area contributed by atoms with Crippen LogP contribution in [0.2, 0.25) is 0 Å². The standard InChI is InChI=1S/C17H22N2/c1-12-5-8-17(16(18)9-12)19(4)11-15-7-6-13(2)14(3)10-15/h5-10H,11,18H2,1-4H3. The maximum atomic E-state index is 6.09. The lowest BCUT2D eigenvalue weighted by atomic mass is 10.1. The largest absolute Gasteiger partial charge is 0.397 e. The zero-order chi connectivity index (χ0) is 14.0. The molecule has 2 rings (SSSR count). The van der Waals surface area contributed by atoms with Gasteiger partial charge < -0.3 is 10.6 Å². The topological polar surface area (TPSA) is 29.3 Å². The first-order valence-corrected chi connectivity index (χ1v) is 6.61. The number of benzene rings is 2. The van der Waals surface area contributed by atoms with Crippen LogP contribution in [-0.4, -0.2) is 7.05 Å². The minimum atomic E-state index is 0.839. The van der Waals surface area contributed by atoms with E-state index in [1.807, 2.05) is 6.07 Å². The van der Waals surface area contributed by atoms with E-state index in [9.17, 15) is 0 Å². The quantitative estimate of drug-likeness (QED) is 0.843. The Labute approximate surface area is 115 Å². The summed E-state index contributed by atoms with van der Waals surface area (Å²) in [6, 6.07) is 12.8. The van der Waals surface area contributed by atoms with Gasteiger partial charge in [-0.3, -0.25) is 0 Å². The molecule has 0 saturated carbocycles. The van der Waals surface area contributed by atoms with E-state index in [1.165, 1.54) is 22.3 Å². The van der Waals surface area contributed by atoms with Crippen LogP contribution < -0.4 is 10.6 Å². The predicted octanol–water partition coefficient (Wildman–Crippen LogP) is 3.83. The molecule has 0 heterocycles. The second kappa shape index (κ2) is 5.35. The Morgan fingerprint density at radius 2 is 1.68 bits per heavy atom. The molecule has 2 N–H and O–H groups in total. The highest BCUT2D eigenvalue weighted by molar-refractivity contribution is 5.68. The van der Waals surface area contributed by atoms with E-state index in [-0.39, 0.29) is 0 Å². The van der Waals surface area contributed by atoms with E-state index < -0.39 is 0 Å². The third-order valence-corrected chi connectivity index (χ3v) is 3.59. The lowest BCUT2D eigenvalue weighted by Crippen LogP contribution is -2.18. The fourth-order valence-corrected chi connectivity index (χ4v) is 2.28. The first-order chi connectivity index (χ1) is 8.97. The number of hydrogen-bond donors (Lipinski definition) is 1. The molecule has 0 unspecified atom stereocenters. The predicted molar refractivity (Wildman–Crippen MR) is 83.6 cm³/mol. The molecule has 0 aliphatic heterocycles. The van der Waals surface area contributed by atoms with Crippen LogP contribution in [0.4, 0.5) is 11.4 Å². The molecule has 0 spiro atoms. The molecule has 0 fully saturated rings. The number of nitrogens with zero attached hydrogens (tertiary/aromatic N) is 1. The van der Waals surface area contributed by atoms with Gasteiger partial charge in [0.15, 0.2) is 0 Å². The molecule has 2 aromatic rings. The number of anilines is 2. The van der Waals surface area contributed by atoms with Crippen LogP contribution in [0.25, 0.3) is 0 Å². The van der Waals surface area contributed by atoms with Crippen LogP contribution >= 0.6 is 0 Å². The third-order valence-electron chi connectivity index (χ3n) is 3.59. The van der Waals surface area contributed by atoms with E-state index >= 15 is 0 Å². The summed E-state index contributed by atoms with van der Waals surface area (Å²) >= 11 is 0. The van der Waals surface area contributed by atoms with Crippen LogP contribution in [0, 0.1) is 20.8 Å². The van der Waals surface area contributed by atoms with Crippen molar-refractivity contribution in [2.75, 3.05) is 17.7 Å². The van der Waals surface area contributed by atoms with Gasteiger partial charge in [0.25, 0.3) is 0 Å². The van der Waals surface area contributed by atoms with E-state index in [0.717, 1.165) is 17.9 Å². The summed E-state index contributed by atoms with van der Waals surface area (Å²) in [6.07, 6.45) is 0. The molecule has 0 amide bonds. The summed E-state index contributed by atoms with van der Waals surface area (Å²) in [5, 5.41) is 0. The van der Waals surface area contributed by atoms with Gasteiger partial charge in [-0.1, -0.05) is 24.3 Å². The van der Waals surface area contributed by atoms with Crippen molar-refractivity contribution in [3.8, 4) is 0 Å². The molecular weight excluding hydrogens is 232 g/mol. The Bertz CT molecular complexity index is 588. The van der Waals surface area contributed by atoms with Crippen molar-refractivity contribution in [3.63, 3.8) is 0 Å². The van der Waals surface area contributed by atoms with Crippen LogP contribution in [-0.2, 0) is 6.54 Å². The Kier molecular flexibility index (Phi) is 3.79. The van der Waals surface area contributed by atoms with E-state index in [4.69, 9.17) is 5.73 Å². The molecule has 2 nitrogen and oxygen atoms in total. The van der Waals surface area contributed by atoms with E-state index in [2.05, 4.69) is 63.1 Å². The maximum Gasteiger partial charge on any atom is 0.0600 e. The molecule has 0 atom stereocenters. The average molecular weight is 254 g/mol. The Morgan fingerprint density at radius 3 is 2.32 bits per heavy atom. The number of nitrogen functional groups attached to an aromatic ring is 1. The van der Waals surface area contributed by atoms with Crippen LogP contribution in [0.3, 0.4) is 0 Å². The van der Waals surface area contributed by atoms with E-state index in [0.29, 0.717) is 0 Å². The van der Waals surface area contributed by atoms with Gasteiger partial charge in [-0.15, -0.1) is 0 Å². The van der Waals surface area contributed by atoms with Crippen molar-refractivity contribution < 1.29 is 0 Å². The fourth-order valence-electron chi connectivity index (χ4n) is 2.28.